The van der Waals surface area contributed by atoms with Crippen LogP contribution in [0.4, 0.5) is 10.5 Å². The van der Waals surface area contributed by atoms with Crippen LogP contribution in [0.1, 0.15) is 26.3 Å². The van der Waals surface area contributed by atoms with Crippen molar-refractivity contribution < 1.29 is 14.4 Å². The molecule has 1 atom stereocenters. The fourth-order valence-corrected chi connectivity index (χ4v) is 4.05. The summed E-state index contributed by atoms with van der Waals surface area (Å²) in [4.78, 5) is 41.2. The van der Waals surface area contributed by atoms with Gasteiger partial charge in [0.05, 0.1) is 0 Å². The Hall–Kier alpha value is -2.57. The fourth-order valence-electron chi connectivity index (χ4n) is 3.45. The minimum atomic E-state index is -1.38. The van der Waals surface area contributed by atoms with E-state index in [9.17, 15) is 14.4 Å². The number of carbonyl (C=O) groups is 3. The second-order valence-electron chi connectivity index (χ2n) is 7.26. The number of benzene rings is 2. The summed E-state index contributed by atoms with van der Waals surface area (Å²) in [5, 5.41) is 3.34. The average Bonchev–Trinajstić information content (AvgIpc) is 2.86. The van der Waals surface area contributed by atoms with Crippen molar-refractivity contribution in [2.45, 2.75) is 32.4 Å². The number of carbonyl (C=O) groups excluding carboxylic acids is 3. The molecule has 1 heterocycles. The molecule has 152 valence electrons. The molecule has 1 saturated heterocycles. The number of hydrogen-bond acceptors (Lipinski definition) is 3. The second-order valence-corrected chi connectivity index (χ2v) is 8.11. The maximum atomic E-state index is 13.1. The van der Waals surface area contributed by atoms with Crippen LogP contribution in [0.15, 0.2) is 48.5 Å². The van der Waals surface area contributed by atoms with E-state index in [4.69, 9.17) is 23.2 Å². The topological polar surface area (TPSA) is 69.7 Å². The van der Waals surface area contributed by atoms with Crippen LogP contribution >= 0.6 is 23.2 Å². The third-order valence-corrected chi connectivity index (χ3v) is 5.41. The van der Waals surface area contributed by atoms with Crippen LogP contribution in [0, 0.1) is 0 Å². The Kier molecular flexibility index (Phi) is 5.87. The van der Waals surface area contributed by atoms with Gasteiger partial charge in [0.2, 0.25) is 5.91 Å². The zero-order valence-corrected chi connectivity index (χ0v) is 17.8. The highest BCUT2D eigenvalue weighted by Gasteiger charge is 2.50. The number of imide groups is 1. The Bertz CT molecular complexity index is 965. The van der Waals surface area contributed by atoms with E-state index in [0.717, 1.165) is 4.90 Å². The van der Waals surface area contributed by atoms with Crippen molar-refractivity contribution in [2.75, 3.05) is 11.4 Å². The van der Waals surface area contributed by atoms with Crippen LogP contribution in [0.3, 0.4) is 0 Å². The van der Waals surface area contributed by atoms with Gasteiger partial charge in [-0.1, -0.05) is 47.5 Å². The lowest BCUT2D eigenvalue weighted by atomic mass is 9.92. The highest BCUT2D eigenvalue weighted by Crippen LogP contribution is 2.35. The molecule has 6 nitrogen and oxygen atoms in total. The van der Waals surface area contributed by atoms with Crippen LogP contribution in [0.5, 0.6) is 0 Å². The molecule has 4 amide bonds. The summed E-state index contributed by atoms with van der Waals surface area (Å²) in [5.74, 6) is -0.905. The maximum absolute atomic E-state index is 13.1. The van der Waals surface area contributed by atoms with E-state index in [1.807, 2.05) is 32.0 Å². The van der Waals surface area contributed by atoms with Crippen molar-refractivity contribution in [3.8, 4) is 0 Å². The lowest BCUT2D eigenvalue weighted by Crippen LogP contribution is -2.46. The van der Waals surface area contributed by atoms with Gasteiger partial charge in [0, 0.05) is 27.3 Å². The number of hydrogen-bond donors (Lipinski definition) is 1. The van der Waals surface area contributed by atoms with Crippen molar-refractivity contribution >= 4 is 46.7 Å². The summed E-state index contributed by atoms with van der Waals surface area (Å²) < 4.78 is 0. The van der Waals surface area contributed by atoms with Gasteiger partial charge >= 0.3 is 6.03 Å². The van der Waals surface area contributed by atoms with Gasteiger partial charge in [-0.05, 0) is 45.0 Å². The molecule has 2 aromatic rings. The van der Waals surface area contributed by atoms with Gasteiger partial charge in [-0.25, -0.2) is 4.79 Å². The van der Waals surface area contributed by atoms with Crippen LogP contribution < -0.4 is 10.2 Å². The molecule has 0 unspecified atom stereocenters. The summed E-state index contributed by atoms with van der Waals surface area (Å²) in [6, 6.07) is 13.0. The van der Waals surface area contributed by atoms with Gasteiger partial charge in [-0.15, -0.1) is 0 Å². The van der Waals surface area contributed by atoms with Crippen LogP contribution in [-0.4, -0.2) is 35.3 Å². The van der Waals surface area contributed by atoms with Crippen molar-refractivity contribution in [3.05, 3.63) is 64.1 Å². The molecule has 2 aromatic carbocycles. The number of rotatable bonds is 5. The summed E-state index contributed by atoms with van der Waals surface area (Å²) in [6.07, 6.45) is 0. The normalized spacial score (nSPS) is 18.9. The molecule has 1 N–H and O–H groups in total. The monoisotopic (exact) mass is 433 g/mol. The molecule has 1 aliphatic heterocycles. The van der Waals surface area contributed by atoms with Crippen molar-refractivity contribution in [1.82, 2.24) is 10.2 Å². The van der Waals surface area contributed by atoms with Gasteiger partial charge in [0.25, 0.3) is 5.91 Å². The number of para-hydroxylation sites is 1. The molecule has 0 spiro atoms. The fraction of sp³-hybridized carbons (Fsp3) is 0.286. The Morgan fingerprint density at radius 2 is 1.79 bits per heavy atom. The van der Waals surface area contributed by atoms with E-state index in [1.54, 1.807) is 36.1 Å². The zero-order chi connectivity index (χ0) is 21.3. The van der Waals surface area contributed by atoms with E-state index in [-0.39, 0.29) is 23.5 Å². The lowest BCUT2D eigenvalue weighted by Gasteiger charge is -2.28. The van der Waals surface area contributed by atoms with Crippen molar-refractivity contribution in [2.24, 2.45) is 0 Å². The Morgan fingerprint density at radius 1 is 1.14 bits per heavy atom. The summed E-state index contributed by atoms with van der Waals surface area (Å²) >= 11 is 12.2. The minimum absolute atomic E-state index is 0.150. The molecule has 1 aliphatic rings. The quantitative estimate of drug-likeness (QED) is 0.718. The van der Waals surface area contributed by atoms with Gasteiger partial charge in [-0.3, -0.25) is 14.5 Å². The third-order valence-electron chi connectivity index (χ3n) is 4.86. The number of nitrogens with one attached hydrogen (secondary N) is 1. The molecule has 0 aliphatic carbocycles. The summed E-state index contributed by atoms with van der Waals surface area (Å²) in [7, 11) is 0. The molecule has 0 bridgehead atoms. The predicted octanol–water partition coefficient (Wildman–Crippen LogP) is 4.20. The first-order chi connectivity index (χ1) is 13.6. The molecule has 3 rings (SSSR count). The Balaban J connectivity index is 1.87. The molecule has 8 heteroatoms. The average molecular weight is 434 g/mol. The first-order valence-corrected chi connectivity index (χ1v) is 9.87. The van der Waals surface area contributed by atoms with Gasteiger partial charge in [-0.2, -0.15) is 0 Å². The maximum Gasteiger partial charge on any atom is 0.325 e. The van der Waals surface area contributed by atoms with E-state index >= 15 is 0 Å². The van der Waals surface area contributed by atoms with Gasteiger partial charge < -0.3 is 10.2 Å². The second kappa shape index (κ2) is 8.05. The Labute approximate surface area is 179 Å². The number of anilines is 1. The largest absolute Gasteiger partial charge is 0.325 e. The van der Waals surface area contributed by atoms with E-state index in [2.05, 4.69) is 5.32 Å². The summed E-state index contributed by atoms with van der Waals surface area (Å²) in [5.41, 5.74) is -0.266. The van der Waals surface area contributed by atoms with E-state index in [1.165, 1.54) is 6.07 Å². The molecule has 0 radical (unpaired) electrons. The number of nitrogens with zero attached hydrogens (tertiary/aromatic N) is 2. The number of amides is 4. The molecule has 1 fully saturated rings. The van der Waals surface area contributed by atoms with Crippen molar-refractivity contribution in [3.63, 3.8) is 0 Å². The highest BCUT2D eigenvalue weighted by molar-refractivity contribution is 6.35. The number of halogens is 2. The molecule has 0 saturated carbocycles. The molecular formula is C21H21Cl2N3O3. The van der Waals surface area contributed by atoms with E-state index < -0.39 is 17.5 Å². The smallest absolute Gasteiger partial charge is 0.319 e. The van der Waals surface area contributed by atoms with Gasteiger partial charge in [0.1, 0.15) is 12.1 Å². The third kappa shape index (κ3) is 3.95. The first kappa shape index (κ1) is 21.1. The minimum Gasteiger partial charge on any atom is -0.319 e. The first-order valence-electron chi connectivity index (χ1n) is 9.12. The van der Waals surface area contributed by atoms with Gasteiger partial charge in [0.15, 0.2) is 0 Å². The Morgan fingerprint density at radius 3 is 2.38 bits per heavy atom. The standard InChI is InChI=1S/C21H21Cl2N3O3/c1-13(2)26(15-7-5-4-6-8-15)18(27)12-25-19(28)21(3,24-20(25)29)16-10-9-14(22)11-17(16)23/h4-11,13H,12H2,1-3H3,(H,24,29)/t21-/m1/s1. The predicted molar refractivity (Wildman–Crippen MR) is 113 cm³/mol. The zero-order valence-electron chi connectivity index (χ0n) is 16.3. The summed E-state index contributed by atoms with van der Waals surface area (Å²) in [6.45, 7) is 4.92. The SMILES string of the molecule is CC(C)N(C(=O)CN1C(=O)N[C@](C)(c2ccc(Cl)cc2Cl)C1=O)c1ccccc1. The highest BCUT2D eigenvalue weighted by atomic mass is 35.5. The van der Waals surface area contributed by atoms with Crippen molar-refractivity contribution in [1.29, 1.82) is 0 Å². The lowest BCUT2D eigenvalue weighted by molar-refractivity contribution is -0.134. The van der Waals surface area contributed by atoms with Crippen LogP contribution in [0.2, 0.25) is 10.0 Å². The molecule has 0 aromatic heterocycles. The number of urea groups is 1. The van der Waals surface area contributed by atoms with Crippen LogP contribution in [0.25, 0.3) is 0 Å². The van der Waals surface area contributed by atoms with E-state index in [0.29, 0.717) is 16.3 Å². The van der Waals surface area contributed by atoms with Crippen LogP contribution in [-0.2, 0) is 15.1 Å². The molecular weight excluding hydrogens is 413 g/mol. The molecule has 29 heavy (non-hydrogen) atoms.